The third-order valence-electron chi connectivity index (χ3n) is 7.08. The van der Waals surface area contributed by atoms with Crippen LogP contribution in [0.5, 0.6) is 0 Å². The zero-order valence-electron chi connectivity index (χ0n) is 24.2. The molecule has 0 fully saturated rings. The van der Waals surface area contributed by atoms with Crippen molar-refractivity contribution in [2.75, 3.05) is 11.6 Å². The maximum Gasteiger partial charge on any atom is 0.433 e. The number of nitrogens with zero attached hydrogens (tertiary/aromatic N) is 6. The van der Waals surface area contributed by atoms with Gasteiger partial charge in [-0.3, -0.25) is 9.00 Å². The summed E-state index contributed by atoms with van der Waals surface area (Å²) in [4.78, 5) is 34.8. The molecule has 0 radical (unpaired) electrons. The average molecular weight is 608 g/mol. The van der Waals surface area contributed by atoms with Crippen molar-refractivity contribution in [3.05, 3.63) is 87.6 Å². The van der Waals surface area contributed by atoms with Crippen LogP contribution in [-0.4, -0.2) is 40.0 Å². The number of halogens is 3. The first-order chi connectivity index (χ1) is 20.2. The van der Waals surface area contributed by atoms with Crippen LogP contribution in [0.4, 0.5) is 18.9 Å². The van der Waals surface area contributed by atoms with Crippen LogP contribution in [0, 0.1) is 20.8 Å². The van der Waals surface area contributed by atoms with Crippen LogP contribution >= 0.6 is 0 Å². The van der Waals surface area contributed by atoms with Crippen LogP contribution in [-0.2, 0) is 24.0 Å². The molecule has 0 aliphatic rings. The fourth-order valence-corrected chi connectivity index (χ4v) is 5.63. The highest BCUT2D eigenvalue weighted by Gasteiger charge is 2.33. The summed E-state index contributed by atoms with van der Waals surface area (Å²) in [5.74, 6) is 1.10. The Bertz CT molecular complexity index is 1960. The second-order valence-electron chi connectivity index (χ2n) is 10.3. The zero-order chi connectivity index (χ0) is 31.2. The first-order valence-corrected chi connectivity index (χ1v) is 14.8. The number of hydrogen-bond donors (Lipinski definition) is 1. The van der Waals surface area contributed by atoms with Crippen LogP contribution in [0.2, 0.25) is 0 Å². The number of pyridine rings is 2. The fraction of sp³-hybridized carbons (Fsp3) is 0.267. The maximum atomic E-state index is 13.6. The number of aryl methyl sites for hydroxylation is 3. The molecule has 5 rings (SSSR count). The lowest BCUT2D eigenvalue weighted by Gasteiger charge is -2.21. The Morgan fingerprint density at radius 2 is 1.65 bits per heavy atom. The van der Waals surface area contributed by atoms with Gasteiger partial charge in [0.05, 0.1) is 33.4 Å². The molecule has 4 aromatic heterocycles. The molecule has 0 saturated carbocycles. The van der Waals surface area contributed by atoms with E-state index < -0.39 is 28.7 Å². The van der Waals surface area contributed by atoms with Crippen molar-refractivity contribution < 1.29 is 17.4 Å². The highest BCUT2D eigenvalue weighted by atomic mass is 32.2. The van der Waals surface area contributed by atoms with E-state index in [-0.39, 0.29) is 16.3 Å². The SMILES string of the molecule is Cc1cc([C@@H](C)Nc2ccc(C(F)(F)F)nc2S(C)=O)c2cc(-c3cnc(-c4cnc(C)nc4C)nc3)n(C)c(=O)c2c1. The Labute approximate surface area is 247 Å². The Hall–Kier alpha value is -4.52. The molecule has 4 heterocycles. The number of nitrogens with one attached hydrogen (secondary N) is 1. The summed E-state index contributed by atoms with van der Waals surface area (Å²) >= 11 is 0. The van der Waals surface area contributed by atoms with E-state index in [1.807, 2.05) is 32.9 Å². The van der Waals surface area contributed by atoms with Crippen LogP contribution in [0.1, 0.15) is 41.3 Å². The third-order valence-corrected chi connectivity index (χ3v) is 7.94. The fourth-order valence-electron chi connectivity index (χ4n) is 4.96. The number of fused-ring (bicyclic) bond motifs is 1. The first kappa shape index (κ1) is 30.0. The van der Waals surface area contributed by atoms with Gasteiger partial charge < -0.3 is 9.88 Å². The normalized spacial score (nSPS) is 13.2. The van der Waals surface area contributed by atoms with Crippen LogP contribution in [0.15, 0.2) is 58.7 Å². The van der Waals surface area contributed by atoms with Gasteiger partial charge in [-0.2, -0.15) is 13.2 Å². The van der Waals surface area contributed by atoms with E-state index >= 15 is 0 Å². The second-order valence-corrected chi connectivity index (χ2v) is 11.6. The Morgan fingerprint density at radius 3 is 2.28 bits per heavy atom. The lowest BCUT2D eigenvalue weighted by Crippen LogP contribution is -2.20. The molecule has 2 atom stereocenters. The third kappa shape index (κ3) is 5.89. The summed E-state index contributed by atoms with van der Waals surface area (Å²) in [6.45, 7) is 7.33. The molecule has 1 N–H and O–H groups in total. The summed E-state index contributed by atoms with van der Waals surface area (Å²) in [5.41, 5.74) is 3.04. The smallest absolute Gasteiger partial charge is 0.376 e. The number of benzene rings is 1. The monoisotopic (exact) mass is 607 g/mol. The van der Waals surface area contributed by atoms with E-state index in [2.05, 4.69) is 30.2 Å². The van der Waals surface area contributed by atoms with Gasteiger partial charge in [0.25, 0.3) is 5.56 Å². The molecule has 0 aliphatic heterocycles. The first-order valence-electron chi connectivity index (χ1n) is 13.2. The van der Waals surface area contributed by atoms with E-state index in [1.165, 1.54) is 16.9 Å². The van der Waals surface area contributed by atoms with Gasteiger partial charge in [-0.05, 0) is 68.5 Å². The molecule has 1 aromatic carbocycles. The molecule has 222 valence electrons. The second kappa shape index (κ2) is 11.3. The van der Waals surface area contributed by atoms with Gasteiger partial charge in [-0.15, -0.1) is 0 Å². The largest absolute Gasteiger partial charge is 0.433 e. The van der Waals surface area contributed by atoms with E-state index in [4.69, 9.17) is 0 Å². The molecule has 13 heteroatoms. The Morgan fingerprint density at radius 1 is 0.953 bits per heavy atom. The van der Waals surface area contributed by atoms with Gasteiger partial charge in [-0.25, -0.2) is 24.9 Å². The predicted molar refractivity (Wildman–Crippen MR) is 159 cm³/mol. The highest BCUT2D eigenvalue weighted by Crippen LogP contribution is 2.34. The molecular weight excluding hydrogens is 579 g/mol. The topological polar surface area (TPSA) is 116 Å². The Balaban J connectivity index is 1.58. The van der Waals surface area contributed by atoms with E-state index in [0.29, 0.717) is 39.2 Å². The lowest BCUT2D eigenvalue weighted by atomic mass is 9.96. The summed E-state index contributed by atoms with van der Waals surface area (Å²) in [5, 5.41) is 4.08. The van der Waals surface area contributed by atoms with Crippen molar-refractivity contribution in [3.8, 4) is 22.6 Å². The Kier molecular flexibility index (Phi) is 7.86. The molecule has 0 spiro atoms. The molecule has 5 aromatic rings. The predicted octanol–water partition coefficient (Wildman–Crippen LogP) is 5.70. The quantitative estimate of drug-likeness (QED) is 0.261. The molecule has 0 bridgehead atoms. The van der Waals surface area contributed by atoms with Crippen molar-refractivity contribution >= 4 is 27.3 Å². The standard InChI is InChI=1S/C30H28F3N7O2S/c1-15-9-20(16(2)38-24-7-8-26(30(31,32)33)39-28(24)43(6)42)21-11-25(40(5)29(41)22(21)10-15)19-12-35-27(36-13-19)23-14-34-18(4)37-17(23)3/h7-14,16,38H,1-6H3/t16-,43?/m1/s1. The minimum atomic E-state index is -4.67. The summed E-state index contributed by atoms with van der Waals surface area (Å²) in [6, 6.07) is 7.15. The summed E-state index contributed by atoms with van der Waals surface area (Å²) < 4.78 is 53.7. The maximum absolute atomic E-state index is 13.6. The van der Waals surface area contributed by atoms with Crippen molar-refractivity contribution in [1.29, 1.82) is 0 Å². The average Bonchev–Trinajstić information content (AvgIpc) is 2.94. The van der Waals surface area contributed by atoms with Crippen LogP contribution in [0.3, 0.4) is 0 Å². The van der Waals surface area contributed by atoms with E-state index in [0.717, 1.165) is 22.9 Å². The number of aromatic nitrogens is 6. The lowest BCUT2D eigenvalue weighted by molar-refractivity contribution is -0.141. The molecule has 1 unspecified atom stereocenters. The van der Waals surface area contributed by atoms with Crippen molar-refractivity contribution in [2.45, 2.75) is 44.9 Å². The van der Waals surface area contributed by atoms with Crippen molar-refractivity contribution in [3.63, 3.8) is 0 Å². The highest BCUT2D eigenvalue weighted by molar-refractivity contribution is 7.84. The van der Waals surface area contributed by atoms with Crippen molar-refractivity contribution in [1.82, 2.24) is 29.5 Å². The molecule has 9 nitrogen and oxygen atoms in total. The minimum Gasteiger partial charge on any atom is -0.376 e. The van der Waals surface area contributed by atoms with E-state index in [9.17, 15) is 22.2 Å². The minimum absolute atomic E-state index is 0.207. The molecular formula is C30H28F3N7O2S. The van der Waals surface area contributed by atoms with Gasteiger partial charge in [0.2, 0.25) is 0 Å². The van der Waals surface area contributed by atoms with Crippen LogP contribution < -0.4 is 10.9 Å². The molecule has 0 saturated heterocycles. The van der Waals surface area contributed by atoms with Gasteiger partial charge in [-0.1, -0.05) is 6.07 Å². The molecule has 43 heavy (non-hydrogen) atoms. The van der Waals surface area contributed by atoms with E-state index in [1.54, 1.807) is 38.6 Å². The summed E-state index contributed by atoms with van der Waals surface area (Å²) in [7, 11) is -0.123. The van der Waals surface area contributed by atoms with Gasteiger partial charge >= 0.3 is 6.18 Å². The number of anilines is 1. The van der Waals surface area contributed by atoms with Gasteiger partial charge in [0.1, 0.15) is 11.5 Å². The van der Waals surface area contributed by atoms with Gasteiger partial charge in [0, 0.05) is 48.9 Å². The molecule has 0 aliphatic carbocycles. The number of hydrogen-bond acceptors (Lipinski definition) is 8. The zero-order valence-corrected chi connectivity index (χ0v) is 25.1. The summed E-state index contributed by atoms with van der Waals surface area (Å²) in [6.07, 6.45) is 1.54. The van der Waals surface area contributed by atoms with Crippen LogP contribution in [0.25, 0.3) is 33.4 Å². The molecule has 0 amide bonds. The number of alkyl halides is 3. The number of rotatable bonds is 6. The van der Waals surface area contributed by atoms with Crippen molar-refractivity contribution in [2.24, 2.45) is 7.05 Å². The van der Waals surface area contributed by atoms with Gasteiger partial charge in [0.15, 0.2) is 10.9 Å².